The number of carbonyl (C=O) groups excluding carboxylic acids is 1. The fraction of sp³-hybridized carbons (Fsp3) is 0.238. The average molecular weight is 392 g/mol. The molecule has 0 aliphatic carbocycles. The molecule has 0 bridgehead atoms. The van der Waals surface area contributed by atoms with Gasteiger partial charge in [0.1, 0.15) is 11.6 Å². The molecule has 0 radical (unpaired) electrons. The Labute approximate surface area is 167 Å². The van der Waals surface area contributed by atoms with Crippen LogP contribution in [0, 0.1) is 12.7 Å². The predicted octanol–water partition coefficient (Wildman–Crippen LogP) is 3.53. The zero-order valence-corrected chi connectivity index (χ0v) is 16.2. The van der Waals surface area contributed by atoms with Crippen molar-refractivity contribution < 1.29 is 9.18 Å². The molecule has 8 heteroatoms. The molecule has 4 aromatic rings. The molecule has 29 heavy (non-hydrogen) atoms. The van der Waals surface area contributed by atoms with Crippen LogP contribution in [0.3, 0.4) is 0 Å². The summed E-state index contributed by atoms with van der Waals surface area (Å²) in [7, 11) is 0. The number of nitrogens with zero attached hydrogens (tertiary/aromatic N) is 4. The summed E-state index contributed by atoms with van der Waals surface area (Å²) in [4.78, 5) is 20.5. The van der Waals surface area contributed by atoms with Crippen LogP contribution in [0.1, 0.15) is 46.8 Å². The third-order valence-electron chi connectivity index (χ3n) is 4.76. The van der Waals surface area contributed by atoms with Gasteiger partial charge in [0.15, 0.2) is 5.69 Å². The molecule has 0 saturated heterocycles. The summed E-state index contributed by atoms with van der Waals surface area (Å²) in [5.41, 5.74) is 3.58. The molecule has 0 aliphatic rings. The summed E-state index contributed by atoms with van der Waals surface area (Å²) in [6.07, 6.45) is 2.17. The third-order valence-corrected chi connectivity index (χ3v) is 4.76. The van der Waals surface area contributed by atoms with Crippen molar-refractivity contribution >= 4 is 16.9 Å². The van der Waals surface area contributed by atoms with E-state index in [2.05, 4.69) is 25.6 Å². The molecule has 0 fully saturated rings. The number of aromatic amines is 1. The largest absolute Gasteiger partial charge is 0.341 e. The van der Waals surface area contributed by atoms with Gasteiger partial charge in [0.05, 0.1) is 29.8 Å². The van der Waals surface area contributed by atoms with Gasteiger partial charge in [-0.2, -0.15) is 0 Å². The van der Waals surface area contributed by atoms with Crippen LogP contribution in [0.25, 0.3) is 11.0 Å². The number of aromatic nitrogens is 5. The number of imidazole rings is 1. The van der Waals surface area contributed by atoms with Crippen LogP contribution in [-0.2, 0) is 6.54 Å². The molecule has 2 heterocycles. The monoisotopic (exact) mass is 392 g/mol. The van der Waals surface area contributed by atoms with Crippen molar-refractivity contribution in [3.05, 3.63) is 77.1 Å². The highest BCUT2D eigenvalue weighted by Gasteiger charge is 2.20. The van der Waals surface area contributed by atoms with Crippen molar-refractivity contribution in [1.29, 1.82) is 0 Å². The SMILES string of the molecule is CC[C@@H](NC(=O)c1cn(Cc2ccccc2F)nn1)c1nc2ccc(C)cc2[nH]1. The van der Waals surface area contributed by atoms with E-state index in [0.717, 1.165) is 16.6 Å². The molecule has 0 spiro atoms. The summed E-state index contributed by atoms with van der Waals surface area (Å²) in [5.74, 6) is 0.0219. The first-order valence-electron chi connectivity index (χ1n) is 9.44. The van der Waals surface area contributed by atoms with E-state index in [9.17, 15) is 9.18 Å². The maximum atomic E-state index is 13.8. The van der Waals surface area contributed by atoms with E-state index in [1.807, 2.05) is 32.0 Å². The Morgan fingerprint density at radius 2 is 2.10 bits per heavy atom. The molecule has 1 atom stereocenters. The summed E-state index contributed by atoms with van der Waals surface area (Å²) in [6, 6.07) is 12.1. The normalized spacial score (nSPS) is 12.2. The lowest BCUT2D eigenvalue weighted by atomic mass is 10.2. The van der Waals surface area contributed by atoms with Gasteiger partial charge >= 0.3 is 0 Å². The number of hydrogen-bond donors (Lipinski definition) is 2. The van der Waals surface area contributed by atoms with Gasteiger partial charge in [0.2, 0.25) is 0 Å². The van der Waals surface area contributed by atoms with Crippen LogP contribution in [-0.4, -0.2) is 30.9 Å². The zero-order valence-electron chi connectivity index (χ0n) is 16.2. The Hall–Kier alpha value is -3.55. The molecule has 7 nitrogen and oxygen atoms in total. The number of benzene rings is 2. The van der Waals surface area contributed by atoms with Crippen molar-refractivity contribution in [2.45, 2.75) is 32.9 Å². The number of fused-ring (bicyclic) bond motifs is 1. The topological polar surface area (TPSA) is 88.5 Å². The van der Waals surface area contributed by atoms with Gasteiger partial charge in [-0.25, -0.2) is 14.1 Å². The molecule has 1 amide bonds. The van der Waals surface area contributed by atoms with Gasteiger partial charge < -0.3 is 10.3 Å². The maximum Gasteiger partial charge on any atom is 0.274 e. The molecule has 2 aromatic carbocycles. The van der Waals surface area contributed by atoms with Crippen LogP contribution in [0.5, 0.6) is 0 Å². The summed E-state index contributed by atoms with van der Waals surface area (Å²) in [6.45, 7) is 4.19. The number of hydrogen-bond acceptors (Lipinski definition) is 4. The Morgan fingerprint density at radius 1 is 1.28 bits per heavy atom. The van der Waals surface area contributed by atoms with Crippen LogP contribution < -0.4 is 5.32 Å². The fourth-order valence-corrected chi connectivity index (χ4v) is 3.19. The van der Waals surface area contributed by atoms with Crippen molar-refractivity contribution in [3.8, 4) is 0 Å². The molecular formula is C21H21FN6O. The minimum absolute atomic E-state index is 0.173. The quantitative estimate of drug-likeness (QED) is 0.525. The highest BCUT2D eigenvalue weighted by molar-refractivity contribution is 5.92. The van der Waals surface area contributed by atoms with Gasteiger partial charge in [0.25, 0.3) is 5.91 Å². The molecule has 0 unspecified atom stereocenters. The van der Waals surface area contributed by atoms with Gasteiger partial charge in [-0.05, 0) is 37.1 Å². The van der Waals surface area contributed by atoms with Crippen LogP contribution in [0.4, 0.5) is 4.39 Å². The minimum Gasteiger partial charge on any atom is -0.341 e. The number of amides is 1. The van der Waals surface area contributed by atoms with Gasteiger partial charge in [-0.1, -0.05) is 36.4 Å². The summed E-state index contributed by atoms with van der Waals surface area (Å²) >= 11 is 0. The summed E-state index contributed by atoms with van der Waals surface area (Å²) in [5, 5.41) is 10.8. The second-order valence-corrected chi connectivity index (χ2v) is 6.97. The van der Waals surface area contributed by atoms with E-state index in [-0.39, 0.29) is 30.0 Å². The van der Waals surface area contributed by atoms with E-state index in [1.165, 1.54) is 16.9 Å². The molecule has 4 rings (SSSR count). The zero-order chi connectivity index (χ0) is 20.4. The lowest BCUT2D eigenvalue weighted by molar-refractivity contribution is 0.0928. The molecule has 148 valence electrons. The Balaban J connectivity index is 1.49. The minimum atomic E-state index is -0.353. The third kappa shape index (κ3) is 4.01. The molecular weight excluding hydrogens is 371 g/mol. The van der Waals surface area contributed by atoms with Crippen molar-refractivity contribution in [2.75, 3.05) is 0 Å². The first kappa shape index (κ1) is 18.8. The van der Waals surface area contributed by atoms with Gasteiger partial charge in [-0.3, -0.25) is 4.79 Å². The predicted molar refractivity (Wildman–Crippen MR) is 107 cm³/mol. The number of aryl methyl sites for hydroxylation is 1. The first-order chi connectivity index (χ1) is 14.0. The number of rotatable bonds is 6. The lowest BCUT2D eigenvalue weighted by Gasteiger charge is -2.13. The van der Waals surface area contributed by atoms with E-state index < -0.39 is 0 Å². The van der Waals surface area contributed by atoms with E-state index >= 15 is 0 Å². The molecule has 0 aliphatic heterocycles. The Kier molecular flexibility index (Phi) is 5.07. The van der Waals surface area contributed by atoms with E-state index in [4.69, 9.17) is 0 Å². The average Bonchev–Trinajstić information content (AvgIpc) is 3.34. The molecule has 2 aromatic heterocycles. The molecule has 2 N–H and O–H groups in total. The van der Waals surface area contributed by atoms with Crippen molar-refractivity contribution in [1.82, 2.24) is 30.3 Å². The second-order valence-electron chi connectivity index (χ2n) is 6.97. The van der Waals surface area contributed by atoms with E-state index in [0.29, 0.717) is 17.8 Å². The first-order valence-corrected chi connectivity index (χ1v) is 9.44. The smallest absolute Gasteiger partial charge is 0.274 e. The number of halogens is 1. The second kappa shape index (κ2) is 7.83. The van der Waals surface area contributed by atoms with Crippen LogP contribution in [0.15, 0.2) is 48.7 Å². The molecule has 0 saturated carbocycles. The number of carbonyl (C=O) groups is 1. The highest BCUT2D eigenvalue weighted by atomic mass is 19.1. The van der Waals surface area contributed by atoms with E-state index in [1.54, 1.807) is 18.2 Å². The maximum absolute atomic E-state index is 13.8. The van der Waals surface area contributed by atoms with Gasteiger partial charge in [0, 0.05) is 5.56 Å². The fourth-order valence-electron chi connectivity index (χ4n) is 3.19. The van der Waals surface area contributed by atoms with Crippen LogP contribution >= 0.6 is 0 Å². The van der Waals surface area contributed by atoms with Crippen LogP contribution in [0.2, 0.25) is 0 Å². The Bertz CT molecular complexity index is 1160. The standard InChI is InChI=1S/C21H21FN6O/c1-3-16(20-23-17-9-8-13(2)10-18(17)24-20)25-21(29)19-12-28(27-26-19)11-14-6-4-5-7-15(14)22/h4-10,12,16H,3,11H2,1-2H3,(H,23,24)(H,25,29)/t16-/m1/s1. The van der Waals surface area contributed by atoms with Crippen molar-refractivity contribution in [3.63, 3.8) is 0 Å². The lowest BCUT2D eigenvalue weighted by Crippen LogP contribution is -2.29. The van der Waals surface area contributed by atoms with Gasteiger partial charge in [-0.15, -0.1) is 5.10 Å². The summed E-state index contributed by atoms with van der Waals surface area (Å²) < 4.78 is 15.3. The highest BCUT2D eigenvalue weighted by Crippen LogP contribution is 2.20. The Morgan fingerprint density at radius 3 is 2.90 bits per heavy atom. The number of nitrogens with one attached hydrogen (secondary N) is 2. The number of H-pyrrole nitrogens is 1. The van der Waals surface area contributed by atoms with Crippen molar-refractivity contribution in [2.24, 2.45) is 0 Å².